The average Bonchev–Trinajstić information content (AvgIpc) is 2.57. The Hall–Kier alpha value is -2.74. The van der Waals surface area contributed by atoms with Crippen LogP contribution in [0.15, 0.2) is 29.6 Å². The fraction of sp³-hybridized carbons (Fsp3) is 0.444. The van der Waals surface area contributed by atoms with Gasteiger partial charge in [-0.15, -0.1) is 4.91 Å². The Labute approximate surface area is 152 Å². The molecule has 0 spiro atoms. The van der Waals surface area contributed by atoms with Crippen LogP contribution in [-0.2, 0) is 16.1 Å². The van der Waals surface area contributed by atoms with Crippen LogP contribution in [0.3, 0.4) is 0 Å². The molecule has 1 aromatic carbocycles. The molecule has 0 unspecified atom stereocenters. The highest BCUT2D eigenvalue weighted by Gasteiger charge is 2.17. The van der Waals surface area contributed by atoms with E-state index in [0.717, 1.165) is 32.7 Å². The highest BCUT2D eigenvalue weighted by Crippen LogP contribution is 2.19. The van der Waals surface area contributed by atoms with Gasteiger partial charge < -0.3 is 10.2 Å². The van der Waals surface area contributed by atoms with Crippen molar-refractivity contribution in [2.45, 2.75) is 27.3 Å². The monoisotopic (exact) mass is 363 g/mol. The molecular weight excluding hydrogens is 338 g/mol. The normalized spacial score (nSPS) is 14.7. The molecule has 0 amide bonds. The highest BCUT2D eigenvalue weighted by atomic mass is 16.4. The average molecular weight is 363 g/mol. The number of rotatable bonds is 5. The van der Waals surface area contributed by atoms with Crippen molar-refractivity contribution < 1.29 is 19.8 Å². The van der Waals surface area contributed by atoms with E-state index in [1.165, 1.54) is 22.3 Å². The first kappa shape index (κ1) is 21.3. The summed E-state index contributed by atoms with van der Waals surface area (Å²) in [6.07, 6.45) is 1.12. The van der Waals surface area contributed by atoms with Gasteiger partial charge in [0, 0.05) is 31.8 Å². The summed E-state index contributed by atoms with van der Waals surface area (Å²) in [5.74, 6) is -2.51. The first-order valence-corrected chi connectivity index (χ1v) is 8.24. The Bertz CT molecular complexity index is 640. The molecule has 8 heteroatoms. The number of benzene rings is 1. The van der Waals surface area contributed by atoms with Gasteiger partial charge in [0.1, 0.15) is 0 Å². The summed E-state index contributed by atoms with van der Waals surface area (Å²) in [7, 11) is 0. The molecule has 0 aromatic heterocycles. The van der Waals surface area contributed by atoms with Gasteiger partial charge in [-0.1, -0.05) is 17.7 Å². The van der Waals surface area contributed by atoms with Crippen molar-refractivity contribution in [2.24, 2.45) is 5.29 Å². The van der Waals surface area contributed by atoms with Gasteiger partial charge in [0.15, 0.2) is 0 Å². The first-order valence-electron chi connectivity index (χ1n) is 8.24. The maximum absolute atomic E-state index is 10.4. The second-order valence-corrected chi connectivity index (χ2v) is 6.20. The number of carbonyl (C=O) groups is 2. The van der Waals surface area contributed by atoms with Crippen LogP contribution in [0.2, 0.25) is 0 Å². The summed E-state index contributed by atoms with van der Waals surface area (Å²) >= 11 is 0. The number of nitrogens with zero attached hydrogens (tertiary/aromatic N) is 3. The van der Waals surface area contributed by atoms with Crippen molar-refractivity contribution in [1.82, 2.24) is 9.91 Å². The molecule has 1 aliphatic rings. The molecular formula is C18H25N3O5. The smallest absolute Gasteiger partial charge is 0.328 e. The van der Waals surface area contributed by atoms with E-state index >= 15 is 0 Å². The zero-order chi connectivity index (χ0) is 19.7. The van der Waals surface area contributed by atoms with Gasteiger partial charge >= 0.3 is 11.9 Å². The van der Waals surface area contributed by atoms with Crippen molar-refractivity contribution >= 4 is 11.9 Å². The van der Waals surface area contributed by atoms with E-state index < -0.39 is 11.9 Å². The molecule has 0 saturated carbocycles. The van der Waals surface area contributed by atoms with Crippen molar-refractivity contribution in [2.75, 3.05) is 26.2 Å². The van der Waals surface area contributed by atoms with E-state index in [1.54, 1.807) is 5.01 Å². The van der Waals surface area contributed by atoms with Gasteiger partial charge in [0.2, 0.25) is 0 Å². The summed E-state index contributed by atoms with van der Waals surface area (Å²) in [5.41, 5.74) is 5.48. The Morgan fingerprint density at radius 2 is 1.46 bits per heavy atom. The van der Waals surface area contributed by atoms with Crippen LogP contribution in [0.25, 0.3) is 0 Å². The SMILES string of the molecule is Cc1cc(C)c(CN2CCN(N=O)CC2)c(C)c1.O=C(O)/C=C\C(=O)O. The van der Waals surface area contributed by atoms with Crippen molar-refractivity contribution in [3.63, 3.8) is 0 Å². The number of hydrogen-bond donors (Lipinski definition) is 2. The van der Waals surface area contributed by atoms with Gasteiger partial charge in [-0.3, -0.25) is 9.91 Å². The van der Waals surface area contributed by atoms with Crippen LogP contribution in [0, 0.1) is 25.7 Å². The maximum atomic E-state index is 10.4. The minimum atomic E-state index is -1.26. The second kappa shape index (κ2) is 10.3. The van der Waals surface area contributed by atoms with Crippen molar-refractivity contribution in [3.8, 4) is 0 Å². The molecule has 0 radical (unpaired) electrons. The summed E-state index contributed by atoms with van der Waals surface area (Å²) in [6.45, 7) is 10.8. The largest absolute Gasteiger partial charge is 0.478 e. The van der Waals surface area contributed by atoms with Gasteiger partial charge in [-0.2, -0.15) is 0 Å². The number of aryl methyl sites for hydroxylation is 3. The van der Waals surface area contributed by atoms with E-state index in [9.17, 15) is 14.5 Å². The lowest BCUT2D eigenvalue weighted by Gasteiger charge is -2.32. The predicted molar refractivity (Wildman–Crippen MR) is 97.7 cm³/mol. The zero-order valence-corrected chi connectivity index (χ0v) is 15.3. The first-order chi connectivity index (χ1) is 12.2. The van der Waals surface area contributed by atoms with Gasteiger partial charge in [-0.25, -0.2) is 9.59 Å². The Morgan fingerprint density at radius 3 is 1.85 bits per heavy atom. The van der Waals surface area contributed by atoms with Crippen LogP contribution < -0.4 is 0 Å². The molecule has 2 rings (SSSR count). The fourth-order valence-electron chi connectivity index (χ4n) is 2.80. The van der Waals surface area contributed by atoms with Gasteiger partial charge in [0.25, 0.3) is 0 Å². The topological polar surface area (TPSA) is 111 Å². The fourth-order valence-corrected chi connectivity index (χ4v) is 2.80. The van der Waals surface area contributed by atoms with E-state index in [2.05, 4.69) is 43.1 Å². The lowest BCUT2D eigenvalue weighted by Crippen LogP contribution is -2.43. The van der Waals surface area contributed by atoms with Crippen LogP contribution >= 0.6 is 0 Å². The lowest BCUT2D eigenvalue weighted by atomic mass is 9.99. The minimum Gasteiger partial charge on any atom is -0.478 e. The number of nitroso groups, excluding NO2 is 1. The maximum Gasteiger partial charge on any atom is 0.328 e. The quantitative estimate of drug-likeness (QED) is 0.609. The number of carboxylic acids is 2. The van der Waals surface area contributed by atoms with Gasteiger partial charge in [0.05, 0.1) is 18.4 Å². The summed E-state index contributed by atoms with van der Waals surface area (Å²) in [5, 5.41) is 20.2. The molecule has 1 aliphatic heterocycles. The van der Waals surface area contributed by atoms with Crippen LogP contribution in [0.5, 0.6) is 0 Å². The molecule has 2 N–H and O–H groups in total. The van der Waals surface area contributed by atoms with E-state index in [4.69, 9.17) is 10.2 Å². The van der Waals surface area contributed by atoms with Crippen LogP contribution in [0.1, 0.15) is 22.3 Å². The minimum absolute atomic E-state index is 0.558. The van der Waals surface area contributed by atoms with Crippen molar-refractivity contribution in [3.05, 3.63) is 51.4 Å². The molecule has 0 bridgehead atoms. The molecule has 26 heavy (non-hydrogen) atoms. The summed E-state index contributed by atoms with van der Waals surface area (Å²) < 4.78 is 0. The second-order valence-electron chi connectivity index (χ2n) is 6.20. The molecule has 142 valence electrons. The number of hydrogen-bond acceptors (Lipinski definition) is 5. The Morgan fingerprint density at radius 1 is 1.00 bits per heavy atom. The van der Waals surface area contributed by atoms with E-state index in [0.29, 0.717) is 12.2 Å². The van der Waals surface area contributed by atoms with Crippen molar-refractivity contribution in [1.29, 1.82) is 0 Å². The number of carboxylic acid groups (broad SMARTS) is 2. The molecule has 0 aliphatic carbocycles. The van der Waals surface area contributed by atoms with Crippen LogP contribution in [-0.4, -0.2) is 58.2 Å². The Balaban J connectivity index is 0.000000359. The zero-order valence-electron chi connectivity index (χ0n) is 15.3. The third-order valence-electron chi connectivity index (χ3n) is 4.05. The van der Waals surface area contributed by atoms with Gasteiger partial charge in [-0.05, 0) is 37.5 Å². The van der Waals surface area contributed by atoms with E-state index in [1.807, 2.05) is 0 Å². The molecule has 1 fully saturated rings. The van der Waals surface area contributed by atoms with E-state index in [-0.39, 0.29) is 0 Å². The third-order valence-corrected chi connectivity index (χ3v) is 4.05. The number of aliphatic carboxylic acids is 2. The summed E-state index contributed by atoms with van der Waals surface area (Å²) in [4.78, 5) is 31.9. The molecule has 1 aromatic rings. The lowest BCUT2D eigenvalue weighted by molar-refractivity contribution is -0.134. The molecule has 0 atom stereocenters. The molecule has 1 saturated heterocycles. The molecule has 8 nitrogen and oxygen atoms in total. The molecule has 1 heterocycles. The third kappa shape index (κ3) is 7.43. The summed E-state index contributed by atoms with van der Waals surface area (Å²) in [6, 6.07) is 4.48. The highest BCUT2D eigenvalue weighted by molar-refractivity contribution is 5.89. The standard InChI is InChI=1S/C14H21N3O.C4H4O4/c1-11-8-12(2)14(13(3)9-11)10-16-4-6-17(15-18)7-5-16;5-3(6)1-2-4(7)8/h8-9H,4-7,10H2,1-3H3;1-2H,(H,5,6)(H,7,8)/b;2-1-. The number of piperazine rings is 1. The van der Waals surface area contributed by atoms with Crippen LogP contribution in [0.4, 0.5) is 0 Å². The predicted octanol–water partition coefficient (Wildman–Crippen LogP) is 2.12. The Kier molecular flexibility index (Phi) is 8.44.